The summed E-state index contributed by atoms with van der Waals surface area (Å²) in [5.41, 5.74) is 9.63. The smallest absolute Gasteiger partial charge is 0.284 e. The van der Waals surface area contributed by atoms with E-state index in [0.29, 0.717) is 0 Å². The molecule has 1 aromatic carbocycles. The minimum absolute atomic E-state index is 0.0407. The van der Waals surface area contributed by atoms with Crippen LogP contribution in [0.5, 0.6) is 0 Å². The van der Waals surface area contributed by atoms with Crippen LogP contribution in [0.15, 0.2) is 26.8 Å². The second-order valence-electron chi connectivity index (χ2n) is 2.85. The third-order valence-electron chi connectivity index (χ3n) is 1.63. The highest BCUT2D eigenvalue weighted by Crippen LogP contribution is 2.27. The van der Waals surface area contributed by atoms with Gasteiger partial charge in [-0.1, -0.05) is 0 Å². The van der Waals surface area contributed by atoms with E-state index >= 15 is 0 Å². The van der Waals surface area contributed by atoms with E-state index in [2.05, 4.69) is 26.1 Å². The molecule has 0 saturated heterocycles. The molecule has 9 heteroatoms. The van der Waals surface area contributed by atoms with E-state index in [1.165, 1.54) is 0 Å². The Morgan fingerprint density at radius 1 is 1.53 bits per heavy atom. The summed E-state index contributed by atoms with van der Waals surface area (Å²) in [5, 5.41) is 17.2. The van der Waals surface area contributed by atoms with Crippen molar-refractivity contribution in [3.63, 3.8) is 0 Å². The molecule has 7 nitrogen and oxygen atoms in total. The van der Waals surface area contributed by atoms with Gasteiger partial charge in [0.15, 0.2) is 0 Å². The van der Waals surface area contributed by atoms with Gasteiger partial charge in [0.1, 0.15) is 5.82 Å². The number of nitro groups is 1. The van der Waals surface area contributed by atoms with Crippen molar-refractivity contribution in [1.29, 1.82) is 0 Å². The number of nitrogens with zero attached hydrogens (tertiary/aromatic N) is 3. The summed E-state index contributed by atoms with van der Waals surface area (Å²) in [6.45, 7) is 0. The fourth-order valence-corrected chi connectivity index (χ4v) is 1.41. The van der Waals surface area contributed by atoms with Gasteiger partial charge in [-0.2, -0.15) is 5.10 Å². The third kappa shape index (κ3) is 3.48. The minimum Gasteiger partial charge on any atom is -0.369 e. The van der Waals surface area contributed by atoms with Crippen molar-refractivity contribution < 1.29 is 9.31 Å². The first-order valence-electron chi connectivity index (χ1n) is 4.17. The van der Waals surface area contributed by atoms with E-state index in [1.807, 2.05) is 0 Å². The van der Waals surface area contributed by atoms with Crippen molar-refractivity contribution in [2.75, 3.05) is 0 Å². The van der Waals surface area contributed by atoms with Gasteiger partial charge in [0, 0.05) is 11.6 Å². The van der Waals surface area contributed by atoms with Crippen molar-refractivity contribution in [3.8, 4) is 0 Å². The Hall–Kier alpha value is -2.03. The lowest BCUT2D eigenvalue weighted by Gasteiger charge is -1.99. The minimum atomic E-state index is -0.683. The van der Waals surface area contributed by atoms with Crippen LogP contribution in [0.2, 0.25) is 0 Å². The summed E-state index contributed by atoms with van der Waals surface area (Å²) in [4.78, 5) is 9.96. The van der Waals surface area contributed by atoms with Gasteiger partial charge >= 0.3 is 0 Å². The highest BCUT2D eigenvalue weighted by Gasteiger charge is 2.15. The Morgan fingerprint density at radius 2 is 2.18 bits per heavy atom. The Morgan fingerprint density at radius 3 is 2.71 bits per heavy atom. The van der Waals surface area contributed by atoms with Crippen LogP contribution in [-0.4, -0.2) is 17.1 Å². The van der Waals surface area contributed by atoms with Crippen LogP contribution in [0.1, 0.15) is 5.56 Å². The average Bonchev–Trinajstić information content (AvgIpc) is 2.20. The number of rotatable bonds is 3. The van der Waals surface area contributed by atoms with Crippen molar-refractivity contribution in [2.24, 2.45) is 21.7 Å². The van der Waals surface area contributed by atoms with Crippen molar-refractivity contribution >= 4 is 33.8 Å². The highest BCUT2D eigenvalue weighted by atomic mass is 79.9. The Bertz CT molecular complexity index is 513. The Kier molecular flexibility index (Phi) is 4.10. The third-order valence-corrected chi connectivity index (χ3v) is 2.27. The van der Waals surface area contributed by atoms with Crippen LogP contribution >= 0.6 is 15.9 Å². The number of benzene rings is 1. The Balaban J connectivity index is 3.17. The standard InChI is InChI=1S/C8H7BrFN5O2/c9-5-2-6(10)4(1-7(5)15(16)17)3-13-14-8(11)12/h1-3H,(H4,11,12,14). The van der Waals surface area contributed by atoms with E-state index in [1.54, 1.807) is 0 Å². The molecule has 0 radical (unpaired) electrons. The number of hydrogen-bond donors (Lipinski definition) is 2. The van der Waals surface area contributed by atoms with Crippen LogP contribution in [-0.2, 0) is 0 Å². The van der Waals surface area contributed by atoms with Crippen molar-refractivity contribution in [1.82, 2.24) is 0 Å². The SMILES string of the molecule is NC(N)=NN=Cc1cc([N+](=O)[O-])c(Br)cc1F. The number of nitrogens with two attached hydrogens (primary N) is 2. The van der Waals surface area contributed by atoms with Gasteiger partial charge in [0.05, 0.1) is 15.6 Å². The lowest BCUT2D eigenvalue weighted by molar-refractivity contribution is -0.385. The zero-order valence-electron chi connectivity index (χ0n) is 8.30. The Labute approximate surface area is 103 Å². The predicted molar refractivity (Wildman–Crippen MR) is 64.2 cm³/mol. The normalized spacial score (nSPS) is 10.5. The van der Waals surface area contributed by atoms with Gasteiger partial charge in [-0.05, 0) is 22.0 Å². The molecule has 1 rings (SSSR count). The predicted octanol–water partition coefficient (Wildman–Crippen LogP) is 1.10. The second kappa shape index (κ2) is 5.34. The topological polar surface area (TPSA) is 120 Å². The van der Waals surface area contributed by atoms with Gasteiger partial charge in [0.25, 0.3) is 5.69 Å². The van der Waals surface area contributed by atoms with Crippen LogP contribution in [0.3, 0.4) is 0 Å². The molecule has 0 atom stereocenters. The largest absolute Gasteiger partial charge is 0.369 e. The van der Waals surface area contributed by atoms with E-state index in [4.69, 9.17) is 11.5 Å². The zero-order valence-corrected chi connectivity index (χ0v) is 9.89. The summed E-state index contributed by atoms with van der Waals surface area (Å²) in [7, 11) is 0. The highest BCUT2D eigenvalue weighted by molar-refractivity contribution is 9.10. The molecule has 1 aromatic rings. The maximum absolute atomic E-state index is 13.4. The molecule has 0 aliphatic rings. The molecule has 0 spiro atoms. The fourth-order valence-electron chi connectivity index (χ4n) is 0.950. The molecule has 17 heavy (non-hydrogen) atoms. The van der Waals surface area contributed by atoms with Gasteiger partial charge in [-0.3, -0.25) is 10.1 Å². The lowest BCUT2D eigenvalue weighted by Crippen LogP contribution is -2.21. The van der Waals surface area contributed by atoms with Gasteiger partial charge in [0.2, 0.25) is 5.96 Å². The first-order chi connectivity index (χ1) is 7.91. The van der Waals surface area contributed by atoms with E-state index < -0.39 is 10.7 Å². The molecule has 0 saturated carbocycles. The number of guanidine groups is 1. The molecule has 0 aromatic heterocycles. The van der Waals surface area contributed by atoms with Crippen LogP contribution in [0.4, 0.5) is 10.1 Å². The van der Waals surface area contributed by atoms with Crippen LogP contribution in [0, 0.1) is 15.9 Å². The van der Waals surface area contributed by atoms with E-state index in [0.717, 1.165) is 18.3 Å². The van der Waals surface area contributed by atoms with Gasteiger partial charge < -0.3 is 11.5 Å². The summed E-state index contributed by atoms with van der Waals surface area (Å²) in [6, 6.07) is 1.99. The zero-order chi connectivity index (χ0) is 13.0. The summed E-state index contributed by atoms with van der Waals surface area (Å²) >= 11 is 2.88. The average molecular weight is 304 g/mol. The van der Waals surface area contributed by atoms with Gasteiger partial charge in [-0.15, -0.1) is 5.10 Å². The van der Waals surface area contributed by atoms with Gasteiger partial charge in [-0.25, -0.2) is 4.39 Å². The quantitative estimate of drug-likeness (QED) is 0.376. The van der Waals surface area contributed by atoms with E-state index in [9.17, 15) is 14.5 Å². The van der Waals surface area contributed by atoms with Crippen LogP contribution < -0.4 is 11.5 Å². The number of nitro benzene ring substituents is 1. The summed E-state index contributed by atoms with van der Waals surface area (Å²) in [6.07, 6.45) is 0.981. The molecule has 4 N–H and O–H groups in total. The number of halogens is 2. The molecule has 0 aliphatic carbocycles. The molecule has 0 amide bonds. The molecular formula is C8H7BrFN5O2. The maximum atomic E-state index is 13.4. The molecular weight excluding hydrogens is 297 g/mol. The molecule has 0 heterocycles. The lowest BCUT2D eigenvalue weighted by atomic mass is 10.2. The molecule has 0 aliphatic heterocycles. The number of hydrogen-bond acceptors (Lipinski definition) is 4. The maximum Gasteiger partial charge on any atom is 0.284 e. The first kappa shape index (κ1) is 13.0. The fraction of sp³-hybridized carbons (Fsp3) is 0. The molecule has 90 valence electrons. The monoisotopic (exact) mass is 303 g/mol. The van der Waals surface area contributed by atoms with E-state index in [-0.39, 0.29) is 21.7 Å². The second-order valence-corrected chi connectivity index (χ2v) is 3.71. The molecule has 0 bridgehead atoms. The van der Waals surface area contributed by atoms with Crippen molar-refractivity contribution in [3.05, 3.63) is 38.1 Å². The molecule has 0 unspecified atom stereocenters. The summed E-state index contributed by atoms with van der Waals surface area (Å²) < 4.78 is 13.4. The first-order valence-corrected chi connectivity index (χ1v) is 4.96. The molecule has 0 fully saturated rings. The van der Waals surface area contributed by atoms with Crippen LogP contribution in [0.25, 0.3) is 0 Å². The van der Waals surface area contributed by atoms with Crippen molar-refractivity contribution in [2.45, 2.75) is 0 Å². The summed E-state index contributed by atoms with van der Waals surface area (Å²) in [5.74, 6) is -0.981.